The Morgan fingerprint density at radius 3 is 2.39 bits per heavy atom. The van der Waals surface area contributed by atoms with Crippen LogP contribution in [-0.2, 0) is 13.6 Å². The van der Waals surface area contributed by atoms with Gasteiger partial charge in [0.2, 0.25) is 5.88 Å². The molecule has 0 bridgehead atoms. The van der Waals surface area contributed by atoms with Crippen LogP contribution in [0.4, 0.5) is 8.78 Å². The second-order valence-corrected chi connectivity index (χ2v) is 9.36. The van der Waals surface area contributed by atoms with Crippen molar-refractivity contribution in [1.29, 1.82) is 0 Å². The highest BCUT2D eigenvalue weighted by Gasteiger charge is 2.29. The number of aliphatic hydroxyl groups excluding tert-OH is 1. The predicted molar refractivity (Wildman–Crippen MR) is 134 cm³/mol. The largest absolute Gasteiger partial charge is 0.436 e. The van der Waals surface area contributed by atoms with Gasteiger partial charge < -0.3 is 9.84 Å². The first-order valence-corrected chi connectivity index (χ1v) is 12.2. The predicted octanol–water partition coefficient (Wildman–Crippen LogP) is 6.10. The first kappa shape index (κ1) is 24.2. The number of aryl methyl sites for hydroxylation is 1. The summed E-state index contributed by atoms with van der Waals surface area (Å²) in [6.07, 6.45) is 1.68. The quantitative estimate of drug-likeness (QED) is 0.292. The van der Waals surface area contributed by atoms with Crippen molar-refractivity contribution >= 4 is 0 Å². The molecule has 7 heteroatoms. The van der Waals surface area contributed by atoms with E-state index in [0.29, 0.717) is 24.9 Å². The zero-order valence-electron chi connectivity index (χ0n) is 20.1. The first-order valence-electron chi connectivity index (χ1n) is 12.2. The smallest absolute Gasteiger partial charge is 0.222 e. The number of ether oxygens (including phenoxy) is 1. The van der Waals surface area contributed by atoms with Crippen LogP contribution in [0.3, 0.4) is 0 Å². The summed E-state index contributed by atoms with van der Waals surface area (Å²) in [6, 6.07) is 22.6. The number of rotatable bonds is 10. The summed E-state index contributed by atoms with van der Waals surface area (Å²) < 4.78 is 35.6. The van der Waals surface area contributed by atoms with Crippen molar-refractivity contribution in [2.75, 3.05) is 13.1 Å². The van der Waals surface area contributed by atoms with Crippen LogP contribution in [-0.4, -0.2) is 32.9 Å². The summed E-state index contributed by atoms with van der Waals surface area (Å²) in [4.78, 5) is 2.21. The standard InChI is InChI=1S/C29H29F2N3O2/c1-33-29(36-27-15-14-23(30)16-25(27)31)24(28(32-33)22-10-6-3-7-11-22)18-34(17-20-12-13-20)19-26(35)21-8-4-2-5-9-21/h2-11,14-16,20,26,35H,12-13,17-19H2,1H3. The fraction of sp³-hybridized carbons (Fsp3) is 0.276. The molecule has 0 aliphatic heterocycles. The van der Waals surface area contributed by atoms with Gasteiger partial charge in [-0.25, -0.2) is 13.5 Å². The van der Waals surface area contributed by atoms with Crippen LogP contribution in [0.15, 0.2) is 78.9 Å². The van der Waals surface area contributed by atoms with Crippen molar-refractivity contribution in [3.8, 4) is 22.9 Å². The number of halogens is 2. The molecule has 1 fully saturated rings. The van der Waals surface area contributed by atoms with Gasteiger partial charge in [-0.3, -0.25) is 4.90 Å². The van der Waals surface area contributed by atoms with Gasteiger partial charge in [0, 0.05) is 38.3 Å². The first-order chi connectivity index (χ1) is 17.5. The summed E-state index contributed by atoms with van der Waals surface area (Å²) in [6.45, 7) is 1.72. The highest BCUT2D eigenvalue weighted by atomic mass is 19.1. The second-order valence-electron chi connectivity index (χ2n) is 9.36. The Bertz CT molecular complexity index is 1310. The highest BCUT2D eigenvalue weighted by molar-refractivity contribution is 5.65. The van der Waals surface area contributed by atoms with Gasteiger partial charge in [0.1, 0.15) is 11.5 Å². The Morgan fingerprint density at radius 2 is 1.72 bits per heavy atom. The van der Waals surface area contributed by atoms with Crippen LogP contribution in [0.5, 0.6) is 11.6 Å². The maximum Gasteiger partial charge on any atom is 0.222 e. The van der Waals surface area contributed by atoms with Crippen LogP contribution < -0.4 is 4.74 Å². The van der Waals surface area contributed by atoms with Crippen molar-refractivity contribution in [2.24, 2.45) is 13.0 Å². The molecular weight excluding hydrogens is 460 g/mol. The van der Waals surface area contributed by atoms with Gasteiger partial charge in [-0.05, 0) is 36.5 Å². The fourth-order valence-electron chi connectivity index (χ4n) is 4.43. The zero-order chi connectivity index (χ0) is 25.1. The summed E-state index contributed by atoms with van der Waals surface area (Å²) in [7, 11) is 1.75. The van der Waals surface area contributed by atoms with Gasteiger partial charge >= 0.3 is 0 Å². The van der Waals surface area contributed by atoms with Crippen molar-refractivity contribution in [3.63, 3.8) is 0 Å². The molecule has 0 saturated heterocycles. The Labute approximate surface area is 209 Å². The molecule has 1 aromatic heterocycles. The lowest BCUT2D eigenvalue weighted by Crippen LogP contribution is -2.30. The molecule has 1 aliphatic carbocycles. The molecule has 1 atom stereocenters. The summed E-state index contributed by atoms with van der Waals surface area (Å²) in [5.41, 5.74) is 3.28. The maximum absolute atomic E-state index is 14.5. The minimum absolute atomic E-state index is 0.0710. The number of benzene rings is 3. The molecule has 5 nitrogen and oxygen atoms in total. The van der Waals surface area contributed by atoms with E-state index in [1.807, 2.05) is 60.7 Å². The van der Waals surface area contributed by atoms with E-state index in [1.54, 1.807) is 11.7 Å². The molecule has 36 heavy (non-hydrogen) atoms. The molecule has 0 spiro atoms. The van der Waals surface area contributed by atoms with E-state index in [2.05, 4.69) is 4.90 Å². The van der Waals surface area contributed by atoms with Gasteiger partial charge in [0.25, 0.3) is 0 Å². The third-order valence-corrected chi connectivity index (χ3v) is 6.45. The Morgan fingerprint density at radius 1 is 1.03 bits per heavy atom. The number of hydrogen-bond donors (Lipinski definition) is 1. The van der Waals surface area contributed by atoms with Gasteiger partial charge in [-0.15, -0.1) is 0 Å². The SMILES string of the molecule is Cn1nc(-c2ccccc2)c(CN(CC2CC2)CC(O)c2ccccc2)c1Oc1ccc(F)cc1F. The zero-order valence-corrected chi connectivity index (χ0v) is 20.1. The van der Waals surface area contributed by atoms with Crippen LogP contribution in [0.25, 0.3) is 11.3 Å². The molecule has 0 radical (unpaired) electrons. The number of hydrogen-bond acceptors (Lipinski definition) is 4. The lowest BCUT2D eigenvalue weighted by Gasteiger charge is -2.26. The Hall–Kier alpha value is -3.55. The molecule has 1 aliphatic rings. The molecule has 0 amide bonds. The van der Waals surface area contributed by atoms with E-state index in [1.165, 1.54) is 25.0 Å². The van der Waals surface area contributed by atoms with E-state index in [0.717, 1.165) is 35.0 Å². The van der Waals surface area contributed by atoms with E-state index in [-0.39, 0.29) is 5.75 Å². The molecule has 5 rings (SSSR count). The van der Waals surface area contributed by atoms with Crippen LogP contribution >= 0.6 is 0 Å². The molecule has 1 saturated carbocycles. The van der Waals surface area contributed by atoms with E-state index >= 15 is 0 Å². The van der Waals surface area contributed by atoms with E-state index < -0.39 is 17.7 Å². The third-order valence-electron chi connectivity index (χ3n) is 6.45. The lowest BCUT2D eigenvalue weighted by molar-refractivity contribution is 0.106. The normalized spacial score (nSPS) is 14.2. The van der Waals surface area contributed by atoms with Gasteiger partial charge in [0.15, 0.2) is 11.6 Å². The minimum atomic E-state index is -0.780. The summed E-state index contributed by atoms with van der Waals surface area (Å²) in [5.74, 6) is -0.547. The number of aromatic nitrogens is 2. The topological polar surface area (TPSA) is 50.5 Å². The van der Waals surface area contributed by atoms with Gasteiger partial charge in [-0.1, -0.05) is 60.7 Å². The molecule has 4 aromatic rings. The van der Waals surface area contributed by atoms with Crippen molar-refractivity contribution < 1.29 is 18.6 Å². The van der Waals surface area contributed by atoms with Gasteiger partial charge in [-0.2, -0.15) is 5.10 Å². The minimum Gasteiger partial charge on any atom is -0.436 e. The Kier molecular flexibility index (Phi) is 7.11. The maximum atomic E-state index is 14.5. The van der Waals surface area contributed by atoms with Crippen molar-refractivity contribution in [1.82, 2.24) is 14.7 Å². The van der Waals surface area contributed by atoms with E-state index in [4.69, 9.17) is 9.84 Å². The second kappa shape index (κ2) is 10.6. The summed E-state index contributed by atoms with van der Waals surface area (Å²) in [5, 5.41) is 15.7. The molecule has 186 valence electrons. The average molecular weight is 490 g/mol. The number of aliphatic hydroxyl groups is 1. The van der Waals surface area contributed by atoms with Gasteiger partial charge in [0.05, 0.1) is 11.7 Å². The molecule has 1 unspecified atom stereocenters. The van der Waals surface area contributed by atoms with E-state index in [9.17, 15) is 13.9 Å². The fourth-order valence-corrected chi connectivity index (χ4v) is 4.43. The van der Waals surface area contributed by atoms with Crippen LogP contribution in [0, 0.1) is 17.6 Å². The molecular formula is C29H29F2N3O2. The van der Waals surface area contributed by atoms with Crippen molar-refractivity contribution in [3.05, 3.63) is 102 Å². The monoisotopic (exact) mass is 489 g/mol. The molecule has 3 aromatic carbocycles. The Balaban J connectivity index is 1.50. The van der Waals surface area contributed by atoms with Crippen LogP contribution in [0.1, 0.15) is 30.1 Å². The van der Waals surface area contributed by atoms with Crippen molar-refractivity contribution in [2.45, 2.75) is 25.5 Å². The summed E-state index contributed by atoms with van der Waals surface area (Å²) >= 11 is 0. The lowest BCUT2D eigenvalue weighted by atomic mass is 10.1. The highest BCUT2D eigenvalue weighted by Crippen LogP contribution is 2.37. The number of nitrogens with zero attached hydrogens (tertiary/aromatic N) is 3. The molecule has 1 N–H and O–H groups in total. The molecule has 1 heterocycles. The van der Waals surface area contributed by atoms with Crippen LogP contribution in [0.2, 0.25) is 0 Å². The average Bonchev–Trinajstić information content (AvgIpc) is 3.65. The third kappa shape index (κ3) is 5.64.